The second-order valence-corrected chi connectivity index (χ2v) is 13.1. The molecule has 0 aliphatic carbocycles. The topological polar surface area (TPSA) is 16.1 Å². The maximum absolute atomic E-state index is 5.10. The molecule has 0 amide bonds. The molecule has 10 rings (SSSR count). The Morgan fingerprint density at radius 3 is 1.28 bits per heavy atom. The minimum atomic E-state index is 0.968. The zero-order valence-corrected chi connectivity index (χ0v) is 26.3. The fourth-order valence-electron chi connectivity index (χ4n) is 7.98. The average Bonchev–Trinajstić information content (AvgIpc) is 3.09. The van der Waals surface area contributed by atoms with Crippen molar-refractivity contribution in [2.24, 2.45) is 0 Å². The summed E-state index contributed by atoms with van der Waals surface area (Å²) in [7, 11) is 0. The third-order valence-electron chi connectivity index (χ3n) is 9.94. The van der Waals surface area contributed by atoms with E-state index in [9.17, 15) is 0 Å². The number of aryl methyl sites for hydroxylation is 2. The van der Waals surface area contributed by atoms with Gasteiger partial charge in [-0.3, -0.25) is 4.98 Å². The van der Waals surface area contributed by atoms with E-state index in [-0.39, 0.29) is 0 Å². The molecule has 0 radical (unpaired) electrons. The first-order chi connectivity index (χ1) is 23.1. The zero-order valence-electron chi connectivity index (χ0n) is 26.3. The largest absolute Gasteiger partial charge is 0.309 e. The lowest BCUT2D eigenvalue weighted by molar-refractivity contribution is 1.22. The fraction of sp³-hybridized carbons (Fsp3) is 0.0444. The van der Waals surface area contributed by atoms with Gasteiger partial charge in [-0.15, -0.1) is 0 Å². The molecule has 0 aliphatic rings. The number of pyridine rings is 1. The van der Waals surface area contributed by atoms with Gasteiger partial charge in [-0.25, -0.2) is 0 Å². The number of rotatable bonds is 4. The van der Waals surface area contributed by atoms with Crippen molar-refractivity contribution in [2.75, 3.05) is 4.90 Å². The molecule has 9 aromatic carbocycles. The predicted molar refractivity (Wildman–Crippen MR) is 201 cm³/mol. The summed E-state index contributed by atoms with van der Waals surface area (Å²) in [6.45, 7) is 4.34. The van der Waals surface area contributed by atoms with Crippen molar-refractivity contribution in [2.45, 2.75) is 13.8 Å². The molecule has 10 aromatic rings. The minimum absolute atomic E-state index is 0.968. The van der Waals surface area contributed by atoms with Gasteiger partial charge >= 0.3 is 0 Å². The van der Waals surface area contributed by atoms with Gasteiger partial charge in [-0.05, 0) is 138 Å². The van der Waals surface area contributed by atoms with Crippen molar-refractivity contribution in [3.05, 3.63) is 157 Å². The van der Waals surface area contributed by atoms with Crippen LogP contribution in [0.3, 0.4) is 0 Å². The molecule has 0 unspecified atom stereocenters. The van der Waals surface area contributed by atoms with E-state index in [1.807, 2.05) is 6.20 Å². The summed E-state index contributed by atoms with van der Waals surface area (Å²) in [5.41, 5.74) is 7.86. The Bertz CT molecular complexity index is 2660. The summed E-state index contributed by atoms with van der Waals surface area (Å²) >= 11 is 0. The summed E-state index contributed by atoms with van der Waals surface area (Å²) in [6.07, 6.45) is 2.03. The Morgan fingerprint density at radius 1 is 0.383 bits per heavy atom. The Labute approximate surface area is 272 Å². The van der Waals surface area contributed by atoms with E-state index in [2.05, 4.69) is 158 Å². The first-order valence-corrected chi connectivity index (χ1v) is 16.3. The Balaban J connectivity index is 1.13. The van der Waals surface area contributed by atoms with Crippen LogP contribution in [0.2, 0.25) is 0 Å². The van der Waals surface area contributed by atoms with Crippen LogP contribution in [0.4, 0.5) is 17.1 Å². The van der Waals surface area contributed by atoms with Crippen molar-refractivity contribution in [3.63, 3.8) is 0 Å². The number of nitrogens with zero attached hydrogens (tertiary/aromatic N) is 2. The van der Waals surface area contributed by atoms with Gasteiger partial charge in [0.1, 0.15) is 0 Å². The van der Waals surface area contributed by atoms with E-state index in [1.165, 1.54) is 75.8 Å². The molecule has 0 aliphatic heterocycles. The van der Waals surface area contributed by atoms with Crippen molar-refractivity contribution < 1.29 is 0 Å². The quantitative estimate of drug-likeness (QED) is 0.187. The highest BCUT2D eigenvalue weighted by Crippen LogP contribution is 2.42. The molecule has 1 heterocycles. The van der Waals surface area contributed by atoms with E-state index in [0.29, 0.717) is 0 Å². The van der Waals surface area contributed by atoms with Gasteiger partial charge in [0.05, 0.1) is 17.6 Å². The molecule has 1 aromatic heterocycles. The molecule has 220 valence electrons. The Hall–Kier alpha value is -5.99. The number of hydrogen-bond donors (Lipinski definition) is 0. The highest BCUT2D eigenvalue weighted by molar-refractivity contribution is 6.25. The van der Waals surface area contributed by atoms with Crippen molar-refractivity contribution >= 4 is 81.7 Å². The number of anilines is 3. The molecular formula is C45H30N2. The van der Waals surface area contributed by atoms with Crippen molar-refractivity contribution in [3.8, 4) is 11.3 Å². The predicted octanol–water partition coefficient (Wildman–Crippen LogP) is 12.6. The number of aromatic nitrogens is 1. The summed E-state index contributed by atoms with van der Waals surface area (Å²) in [5.74, 6) is 0. The van der Waals surface area contributed by atoms with E-state index >= 15 is 0 Å². The van der Waals surface area contributed by atoms with Gasteiger partial charge in [-0.1, -0.05) is 91.0 Å². The third kappa shape index (κ3) is 4.01. The fourth-order valence-corrected chi connectivity index (χ4v) is 7.98. The lowest BCUT2D eigenvalue weighted by Crippen LogP contribution is -2.11. The third-order valence-corrected chi connectivity index (χ3v) is 9.94. The Kier molecular flexibility index (Phi) is 5.45. The van der Waals surface area contributed by atoms with E-state index < -0.39 is 0 Å². The second-order valence-electron chi connectivity index (χ2n) is 13.1. The van der Waals surface area contributed by atoms with E-state index in [4.69, 9.17) is 4.98 Å². The van der Waals surface area contributed by atoms with Gasteiger partial charge in [0, 0.05) is 16.9 Å². The molecular weight excluding hydrogens is 569 g/mol. The van der Waals surface area contributed by atoms with Gasteiger partial charge in [0.2, 0.25) is 0 Å². The molecule has 2 heteroatoms. The monoisotopic (exact) mass is 598 g/mol. The normalized spacial score (nSPS) is 12.0. The first-order valence-electron chi connectivity index (χ1n) is 16.3. The molecule has 2 nitrogen and oxygen atoms in total. The van der Waals surface area contributed by atoms with Gasteiger partial charge in [-0.2, -0.15) is 0 Å². The smallest absolute Gasteiger partial charge is 0.0704 e. The average molecular weight is 599 g/mol. The molecule has 0 N–H and O–H groups in total. The Morgan fingerprint density at radius 2 is 0.809 bits per heavy atom. The highest BCUT2D eigenvalue weighted by atomic mass is 15.1. The van der Waals surface area contributed by atoms with E-state index in [1.54, 1.807) is 0 Å². The molecule has 47 heavy (non-hydrogen) atoms. The van der Waals surface area contributed by atoms with Crippen LogP contribution in [0, 0.1) is 13.8 Å². The van der Waals surface area contributed by atoms with Crippen molar-refractivity contribution in [1.82, 2.24) is 4.98 Å². The molecule has 0 bridgehead atoms. The summed E-state index contributed by atoms with van der Waals surface area (Å²) in [4.78, 5) is 7.45. The SMILES string of the molecule is Cc1cc(C)cc(N(c2ccc(-c3cc4ccc5cccc6ccc(c3)c4c56)nc2)c2cc3ccc4cccc5ccc(c2)c3c45)c1. The van der Waals surface area contributed by atoms with Crippen LogP contribution >= 0.6 is 0 Å². The van der Waals surface area contributed by atoms with Crippen LogP contribution in [0.1, 0.15) is 11.1 Å². The minimum Gasteiger partial charge on any atom is -0.309 e. The number of hydrogen-bond acceptors (Lipinski definition) is 2. The zero-order chi connectivity index (χ0) is 31.2. The first kappa shape index (κ1) is 26.2. The summed E-state index contributed by atoms with van der Waals surface area (Å²) < 4.78 is 0. The second kappa shape index (κ2) is 9.75. The van der Waals surface area contributed by atoms with Crippen LogP contribution in [-0.2, 0) is 0 Å². The van der Waals surface area contributed by atoms with E-state index in [0.717, 1.165) is 28.3 Å². The standard InChI is InChI=1S/C45H30N2/c1-27-19-28(2)21-39(20-27)47(40-24-35-15-11-31-7-4-8-32-12-16-36(25-40)45(35)43(31)32)38-17-18-41(46-26-38)37-22-33-13-9-29-5-3-6-30-10-14-34(23-37)44(33)42(29)30/h3-26H,1-2H3. The summed E-state index contributed by atoms with van der Waals surface area (Å²) in [6, 6.07) is 51.5. The van der Waals surface area contributed by atoms with Crippen LogP contribution in [0.25, 0.3) is 75.9 Å². The van der Waals surface area contributed by atoms with Crippen LogP contribution < -0.4 is 4.90 Å². The molecule has 0 atom stereocenters. The van der Waals surface area contributed by atoms with Crippen LogP contribution in [0.5, 0.6) is 0 Å². The maximum Gasteiger partial charge on any atom is 0.0704 e. The van der Waals surface area contributed by atoms with Crippen molar-refractivity contribution in [1.29, 1.82) is 0 Å². The van der Waals surface area contributed by atoms with Crippen LogP contribution in [-0.4, -0.2) is 4.98 Å². The lowest BCUT2D eigenvalue weighted by Gasteiger charge is -2.27. The molecule has 0 saturated carbocycles. The van der Waals surface area contributed by atoms with Crippen LogP contribution in [0.15, 0.2) is 146 Å². The summed E-state index contributed by atoms with van der Waals surface area (Å²) in [5, 5.41) is 15.5. The van der Waals surface area contributed by atoms with Gasteiger partial charge < -0.3 is 4.90 Å². The maximum atomic E-state index is 5.10. The van der Waals surface area contributed by atoms with Gasteiger partial charge in [0.25, 0.3) is 0 Å². The van der Waals surface area contributed by atoms with Gasteiger partial charge in [0.15, 0.2) is 0 Å². The molecule has 0 saturated heterocycles. The molecule has 0 fully saturated rings. The highest BCUT2D eigenvalue weighted by Gasteiger charge is 2.18. The molecule has 0 spiro atoms. The lowest BCUT2D eigenvalue weighted by atomic mass is 9.92. The number of benzene rings is 9.